The zero-order valence-corrected chi connectivity index (χ0v) is 16.0. The number of fused-ring (bicyclic) bond motifs is 1. The van der Waals surface area contributed by atoms with Crippen molar-refractivity contribution in [2.75, 3.05) is 5.32 Å². The van der Waals surface area contributed by atoms with E-state index in [0.29, 0.717) is 29.0 Å². The van der Waals surface area contributed by atoms with E-state index in [-0.39, 0.29) is 23.8 Å². The van der Waals surface area contributed by atoms with Crippen LogP contribution in [0.3, 0.4) is 0 Å². The van der Waals surface area contributed by atoms with Crippen molar-refractivity contribution in [1.82, 2.24) is 20.3 Å². The van der Waals surface area contributed by atoms with Gasteiger partial charge in [-0.25, -0.2) is 14.4 Å². The van der Waals surface area contributed by atoms with E-state index in [2.05, 4.69) is 25.6 Å². The van der Waals surface area contributed by atoms with Crippen LogP contribution in [-0.2, 0) is 9.59 Å². The molecule has 29 heavy (non-hydrogen) atoms. The first-order valence-electron chi connectivity index (χ1n) is 9.67. The minimum Gasteiger partial charge on any atom is -0.354 e. The largest absolute Gasteiger partial charge is 0.354 e. The monoisotopic (exact) mass is 395 g/mol. The van der Waals surface area contributed by atoms with E-state index in [0.717, 1.165) is 30.8 Å². The van der Waals surface area contributed by atoms with E-state index in [1.165, 1.54) is 6.92 Å². The Kier molecular flexibility index (Phi) is 5.24. The second-order valence-corrected chi connectivity index (χ2v) is 7.40. The van der Waals surface area contributed by atoms with Crippen LogP contribution in [0.25, 0.3) is 22.2 Å². The Morgan fingerprint density at radius 3 is 2.90 bits per heavy atom. The van der Waals surface area contributed by atoms with Crippen LogP contribution in [0.15, 0.2) is 36.8 Å². The summed E-state index contributed by atoms with van der Waals surface area (Å²) in [6, 6.07) is 5.12. The van der Waals surface area contributed by atoms with Crippen LogP contribution in [0.5, 0.6) is 0 Å². The molecule has 1 saturated carbocycles. The van der Waals surface area contributed by atoms with Gasteiger partial charge in [0, 0.05) is 42.2 Å². The van der Waals surface area contributed by atoms with Gasteiger partial charge >= 0.3 is 0 Å². The summed E-state index contributed by atoms with van der Waals surface area (Å²) in [5, 5.41) is 6.49. The number of anilines is 1. The number of pyridine rings is 2. The highest BCUT2D eigenvalue weighted by Gasteiger charge is 2.28. The lowest BCUT2D eigenvalue weighted by atomic mass is 9.85. The predicted octanol–water partition coefficient (Wildman–Crippen LogP) is 3.40. The molecule has 1 aliphatic rings. The molecule has 3 N–H and O–H groups in total. The van der Waals surface area contributed by atoms with Crippen molar-refractivity contribution in [2.45, 2.75) is 38.6 Å². The van der Waals surface area contributed by atoms with Crippen molar-refractivity contribution >= 4 is 28.7 Å². The van der Waals surface area contributed by atoms with E-state index in [9.17, 15) is 14.0 Å². The summed E-state index contributed by atoms with van der Waals surface area (Å²) in [6.07, 6.45) is 7.56. The summed E-state index contributed by atoms with van der Waals surface area (Å²) in [7, 11) is 0. The molecular formula is C21H22FN5O2. The molecule has 0 saturated heterocycles. The van der Waals surface area contributed by atoms with Gasteiger partial charge in [-0.1, -0.05) is 6.42 Å². The highest BCUT2D eigenvalue weighted by molar-refractivity contribution is 5.95. The average Bonchev–Trinajstić information content (AvgIpc) is 3.18. The fourth-order valence-electron chi connectivity index (χ4n) is 3.98. The quantitative estimate of drug-likeness (QED) is 0.630. The minimum atomic E-state index is -0.472. The number of aromatic nitrogens is 3. The van der Waals surface area contributed by atoms with Crippen molar-refractivity contribution in [1.29, 1.82) is 0 Å². The second-order valence-electron chi connectivity index (χ2n) is 7.40. The summed E-state index contributed by atoms with van der Waals surface area (Å²) in [4.78, 5) is 35.3. The Morgan fingerprint density at radius 1 is 1.21 bits per heavy atom. The molecule has 0 aromatic carbocycles. The molecule has 2 atom stereocenters. The third-order valence-electron chi connectivity index (χ3n) is 5.31. The Bertz CT molecular complexity index is 1060. The molecule has 0 spiro atoms. The van der Waals surface area contributed by atoms with E-state index >= 15 is 0 Å². The van der Waals surface area contributed by atoms with Gasteiger partial charge in [0.05, 0.1) is 6.20 Å². The fourth-order valence-corrected chi connectivity index (χ4v) is 3.98. The van der Waals surface area contributed by atoms with Crippen LogP contribution in [0.4, 0.5) is 10.2 Å². The van der Waals surface area contributed by atoms with Crippen LogP contribution >= 0.6 is 0 Å². The van der Waals surface area contributed by atoms with Gasteiger partial charge in [-0.05, 0) is 43.0 Å². The third-order valence-corrected chi connectivity index (χ3v) is 5.31. The van der Waals surface area contributed by atoms with Crippen LogP contribution < -0.4 is 10.6 Å². The zero-order chi connectivity index (χ0) is 20.4. The van der Waals surface area contributed by atoms with Gasteiger partial charge in [0.2, 0.25) is 11.8 Å². The van der Waals surface area contributed by atoms with Crippen molar-refractivity contribution < 1.29 is 14.0 Å². The van der Waals surface area contributed by atoms with E-state index in [1.807, 2.05) is 6.07 Å². The molecule has 2 unspecified atom stereocenters. The standard InChI is InChI=1S/C21H22FN5O2/c1-12(28)26-14-4-2-3-13(9-14)21(29)27-19-10-17(18(22)11-25-19)15-5-7-23-20-16(15)6-8-24-20/h5-8,10-11,13-14H,2-4,9H2,1H3,(H,23,24)(H,26,28)(H,25,27,29). The van der Waals surface area contributed by atoms with E-state index < -0.39 is 5.82 Å². The van der Waals surface area contributed by atoms with Gasteiger partial charge in [-0.3, -0.25) is 9.59 Å². The van der Waals surface area contributed by atoms with Gasteiger partial charge in [0.15, 0.2) is 0 Å². The number of aromatic amines is 1. The first kappa shape index (κ1) is 19.0. The maximum atomic E-state index is 14.5. The van der Waals surface area contributed by atoms with Gasteiger partial charge in [0.1, 0.15) is 17.3 Å². The number of hydrogen-bond acceptors (Lipinski definition) is 4. The summed E-state index contributed by atoms with van der Waals surface area (Å²) in [5.74, 6) is -0.636. The van der Waals surface area contributed by atoms with Crippen molar-refractivity contribution in [3.8, 4) is 11.1 Å². The Balaban J connectivity index is 1.54. The third kappa shape index (κ3) is 4.11. The van der Waals surface area contributed by atoms with Gasteiger partial charge in [-0.15, -0.1) is 0 Å². The van der Waals surface area contributed by atoms with Crippen LogP contribution in [0, 0.1) is 11.7 Å². The molecule has 3 aromatic heterocycles. The highest BCUT2D eigenvalue weighted by atomic mass is 19.1. The topological polar surface area (TPSA) is 99.8 Å². The minimum absolute atomic E-state index is 0.00688. The van der Waals surface area contributed by atoms with Crippen LogP contribution in [0.1, 0.15) is 32.6 Å². The fraction of sp³-hybridized carbons (Fsp3) is 0.333. The molecule has 4 rings (SSSR count). The average molecular weight is 395 g/mol. The molecule has 3 heterocycles. The number of nitrogens with one attached hydrogen (secondary N) is 3. The molecule has 3 aromatic rings. The first-order chi connectivity index (χ1) is 14.0. The highest BCUT2D eigenvalue weighted by Crippen LogP contribution is 2.31. The van der Waals surface area contributed by atoms with Gasteiger partial charge < -0.3 is 15.6 Å². The van der Waals surface area contributed by atoms with Crippen molar-refractivity contribution in [3.63, 3.8) is 0 Å². The Hall–Kier alpha value is -3.29. The lowest BCUT2D eigenvalue weighted by molar-refractivity contribution is -0.123. The SMILES string of the molecule is CC(=O)NC1CCCC(C(=O)Nc2cc(-c3ccnc4[nH]ccc34)c(F)cn2)C1. The lowest BCUT2D eigenvalue weighted by Crippen LogP contribution is -2.40. The predicted molar refractivity (Wildman–Crippen MR) is 107 cm³/mol. The first-order valence-corrected chi connectivity index (χ1v) is 9.67. The number of carbonyl (C=O) groups is 2. The molecule has 0 radical (unpaired) electrons. The summed E-state index contributed by atoms with van der Waals surface area (Å²) >= 11 is 0. The normalized spacial score (nSPS) is 19.1. The number of carbonyl (C=O) groups excluding carboxylic acids is 2. The summed E-state index contributed by atoms with van der Waals surface area (Å²) in [6.45, 7) is 1.48. The summed E-state index contributed by atoms with van der Waals surface area (Å²) < 4.78 is 14.5. The smallest absolute Gasteiger partial charge is 0.228 e. The molecule has 0 aliphatic heterocycles. The number of halogens is 1. The molecule has 7 nitrogen and oxygen atoms in total. The van der Waals surface area contributed by atoms with Crippen molar-refractivity contribution in [3.05, 3.63) is 42.6 Å². The maximum Gasteiger partial charge on any atom is 0.228 e. The van der Waals surface area contributed by atoms with Crippen LogP contribution in [0.2, 0.25) is 0 Å². The number of H-pyrrole nitrogens is 1. The van der Waals surface area contributed by atoms with Crippen LogP contribution in [-0.4, -0.2) is 32.8 Å². The van der Waals surface area contributed by atoms with Gasteiger partial charge in [-0.2, -0.15) is 0 Å². The second kappa shape index (κ2) is 7.98. The van der Waals surface area contributed by atoms with Gasteiger partial charge in [0.25, 0.3) is 0 Å². The number of hydrogen-bond donors (Lipinski definition) is 3. The number of amides is 2. The molecule has 1 aliphatic carbocycles. The molecule has 8 heteroatoms. The Labute approximate surface area is 167 Å². The lowest BCUT2D eigenvalue weighted by Gasteiger charge is -2.28. The molecule has 150 valence electrons. The molecular weight excluding hydrogens is 373 g/mol. The zero-order valence-electron chi connectivity index (χ0n) is 16.0. The van der Waals surface area contributed by atoms with E-state index in [4.69, 9.17) is 0 Å². The molecule has 1 fully saturated rings. The van der Waals surface area contributed by atoms with Crippen molar-refractivity contribution in [2.24, 2.45) is 5.92 Å². The number of nitrogens with zero attached hydrogens (tertiary/aromatic N) is 2. The number of rotatable bonds is 4. The maximum absolute atomic E-state index is 14.5. The summed E-state index contributed by atoms with van der Waals surface area (Å²) in [5.41, 5.74) is 1.69. The molecule has 2 amide bonds. The Morgan fingerprint density at radius 2 is 2.07 bits per heavy atom. The van der Waals surface area contributed by atoms with E-state index in [1.54, 1.807) is 24.5 Å². The molecule has 0 bridgehead atoms.